The number of ether oxygens (including phenoxy) is 2. The highest BCUT2D eigenvalue weighted by Gasteiger charge is 2.07. The van der Waals surface area contributed by atoms with Crippen LogP contribution in [0.2, 0.25) is 0 Å². The van der Waals surface area contributed by atoms with E-state index in [1.807, 2.05) is 55.5 Å². The highest BCUT2D eigenvalue weighted by atomic mass is 79.9. The van der Waals surface area contributed by atoms with Crippen LogP contribution in [0, 0.1) is 0 Å². The lowest BCUT2D eigenvalue weighted by atomic mass is 10.3. The maximum Gasteiger partial charge on any atom is 0.226 e. The predicted octanol–water partition coefficient (Wildman–Crippen LogP) is 4.15. The molecule has 0 aliphatic rings. The average molecular weight is 449 g/mol. The Bertz CT molecular complexity index is 765. The van der Waals surface area contributed by atoms with Crippen LogP contribution in [0.4, 0.5) is 5.69 Å². The summed E-state index contributed by atoms with van der Waals surface area (Å²) in [4.78, 5) is 23.7. The molecule has 7 heteroatoms. The van der Waals surface area contributed by atoms with Crippen molar-refractivity contribution in [2.75, 3.05) is 25.1 Å². The zero-order chi connectivity index (χ0) is 20.2. The van der Waals surface area contributed by atoms with Gasteiger partial charge in [-0.3, -0.25) is 9.59 Å². The van der Waals surface area contributed by atoms with Gasteiger partial charge >= 0.3 is 0 Å². The first kappa shape index (κ1) is 21.8. The third-order valence-corrected chi connectivity index (χ3v) is 4.29. The van der Waals surface area contributed by atoms with E-state index < -0.39 is 0 Å². The molecule has 2 N–H and O–H groups in total. The lowest BCUT2D eigenvalue weighted by molar-refractivity contribution is -0.121. The number of hydrogen-bond acceptors (Lipinski definition) is 4. The van der Waals surface area contributed by atoms with Crippen molar-refractivity contribution in [2.45, 2.75) is 26.2 Å². The van der Waals surface area contributed by atoms with Crippen LogP contribution < -0.4 is 20.1 Å². The highest BCUT2D eigenvalue weighted by Crippen LogP contribution is 2.26. The fourth-order valence-electron chi connectivity index (χ4n) is 2.42. The molecule has 0 atom stereocenters. The average Bonchev–Trinajstić information content (AvgIpc) is 2.68. The quantitative estimate of drug-likeness (QED) is 0.506. The Balaban J connectivity index is 1.59. The Morgan fingerprint density at radius 3 is 2.29 bits per heavy atom. The first-order valence-electron chi connectivity index (χ1n) is 9.25. The molecule has 6 nitrogen and oxygen atoms in total. The zero-order valence-corrected chi connectivity index (χ0v) is 17.5. The molecule has 0 fully saturated rings. The van der Waals surface area contributed by atoms with Gasteiger partial charge < -0.3 is 20.1 Å². The molecule has 2 aromatic rings. The maximum atomic E-state index is 11.9. The van der Waals surface area contributed by atoms with Crippen LogP contribution in [0.15, 0.2) is 53.0 Å². The Labute approximate surface area is 173 Å². The SMILES string of the molecule is CCOc1ccccc1OCCCC(=O)NCCC(=O)Nc1ccc(Br)cc1. The summed E-state index contributed by atoms with van der Waals surface area (Å²) in [6.07, 6.45) is 1.14. The van der Waals surface area contributed by atoms with Gasteiger partial charge in [0.2, 0.25) is 11.8 Å². The van der Waals surface area contributed by atoms with E-state index in [0.717, 1.165) is 10.2 Å². The van der Waals surface area contributed by atoms with Crippen molar-refractivity contribution in [1.82, 2.24) is 5.32 Å². The number of carbonyl (C=O) groups excluding carboxylic acids is 2. The van der Waals surface area contributed by atoms with Gasteiger partial charge in [-0.15, -0.1) is 0 Å². The second-order valence-corrected chi connectivity index (χ2v) is 6.90. The molecule has 0 aliphatic heterocycles. The first-order valence-corrected chi connectivity index (χ1v) is 10.0. The molecule has 0 spiro atoms. The monoisotopic (exact) mass is 448 g/mol. The molecule has 0 aliphatic carbocycles. The number of para-hydroxylation sites is 2. The number of benzene rings is 2. The summed E-state index contributed by atoms with van der Waals surface area (Å²) < 4.78 is 12.1. The molecule has 0 saturated carbocycles. The minimum Gasteiger partial charge on any atom is -0.490 e. The lowest BCUT2D eigenvalue weighted by Crippen LogP contribution is -2.27. The largest absolute Gasteiger partial charge is 0.490 e. The fraction of sp³-hybridized carbons (Fsp3) is 0.333. The summed E-state index contributed by atoms with van der Waals surface area (Å²) in [5, 5.41) is 5.54. The van der Waals surface area contributed by atoms with Crippen LogP contribution in [0.1, 0.15) is 26.2 Å². The lowest BCUT2D eigenvalue weighted by Gasteiger charge is -2.11. The molecular formula is C21H25BrN2O4. The van der Waals surface area contributed by atoms with Crippen molar-refractivity contribution in [1.29, 1.82) is 0 Å². The third kappa shape index (κ3) is 8.00. The summed E-state index contributed by atoms with van der Waals surface area (Å²) in [6.45, 7) is 3.20. The molecule has 2 amide bonds. The van der Waals surface area contributed by atoms with E-state index in [4.69, 9.17) is 9.47 Å². The van der Waals surface area contributed by atoms with Crippen molar-refractivity contribution < 1.29 is 19.1 Å². The van der Waals surface area contributed by atoms with Crippen molar-refractivity contribution in [3.05, 3.63) is 53.0 Å². The number of carbonyl (C=O) groups is 2. The normalized spacial score (nSPS) is 10.2. The Morgan fingerprint density at radius 2 is 1.61 bits per heavy atom. The summed E-state index contributed by atoms with van der Waals surface area (Å²) in [5.41, 5.74) is 0.726. The van der Waals surface area contributed by atoms with E-state index >= 15 is 0 Å². The summed E-state index contributed by atoms with van der Waals surface area (Å²) in [5.74, 6) is 1.14. The second-order valence-electron chi connectivity index (χ2n) is 5.99. The van der Waals surface area contributed by atoms with Gasteiger partial charge in [0, 0.05) is 29.5 Å². The van der Waals surface area contributed by atoms with E-state index in [1.54, 1.807) is 0 Å². The summed E-state index contributed by atoms with van der Waals surface area (Å²) in [7, 11) is 0. The van der Waals surface area contributed by atoms with Gasteiger partial charge in [0.25, 0.3) is 0 Å². The minimum absolute atomic E-state index is 0.0989. The van der Waals surface area contributed by atoms with Gasteiger partial charge in [0.1, 0.15) is 0 Å². The number of rotatable bonds is 11. The number of hydrogen-bond donors (Lipinski definition) is 2. The predicted molar refractivity (Wildman–Crippen MR) is 113 cm³/mol. The van der Waals surface area contributed by atoms with Crippen LogP contribution in [-0.2, 0) is 9.59 Å². The van der Waals surface area contributed by atoms with Gasteiger partial charge in [0.05, 0.1) is 13.2 Å². The van der Waals surface area contributed by atoms with Crippen LogP contribution in [-0.4, -0.2) is 31.6 Å². The van der Waals surface area contributed by atoms with E-state index in [2.05, 4.69) is 26.6 Å². The molecule has 150 valence electrons. The van der Waals surface area contributed by atoms with Crippen LogP contribution in [0.25, 0.3) is 0 Å². The van der Waals surface area contributed by atoms with Gasteiger partial charge in [-0.1, -0.05) is 28.1 Å². The summed E-state index contributed by atoms with van der Waals surface area (Å²) >= 11 is 3.34. The standard InChI is InChI=1S/C21H25BrN2O4/c1-2-27-18-6-3-4-7-19(18)28-15-5-8-20(25)23-14-13-21(26)24-17-11-9-16(22)10-12-17/h3-4,6-7,9-12H,2,5,8,13-15H2,1H3,(H,23,25)(H,24,26). The Morgan fingerprint density at radius 1 is 0.929 bits per heavy atom. The first-order chi connectivity index (χ1) is 13.6. The number of nitrogens with one attached hydrogen (secondary N) is 2. The van der Waals surface area contributed by atoms with Crippen molar-refractivity contribution >= 4 is 33.4 Å². The molecule has 0 bridgehead atoms. The maximum absolute atomic E-state index is 11.9. The smallest absolute Gasteiger partial charge is 0.226 e. The molecule has 0 heterocycles. The molecule has 0 saturated heterocycles. The molecule has 2 aromatic carbocycles. The van der Waals surface area contributed by atoms with Crippen LogP contribution >= 0.6 is 15.9 Å². The highest BCUT2D eigenvalue weighted by molar-refractivity contribution is 9.10. The molecule has 0 aromatic heterocycles. The third-order valence-electron chi connectivity index (χ3n) is 3.76. The molecule has 28 heavy (non-hydrogen) atoms. The van der Waals surface area contributed by atoms with Gasteiger partial charge in [-0.2, -0.15) is 0 Å². The second kappa shape index (κ2) is 12.0. The topological polar surface area (TPSA) is 76.7 Å². The number of anilines is 1. The molecule has 0 unspecified atom stereocenters. The summed E-state index contributed by atoms with van der Waals surface area (Å²) in [6, 6.07) is 14.8. The van der Waals surface area contributed by atoms with Crippen LogP contribution in [0.3, 0.4) is 0 Å². The number of amides is 2. The van der Waals surface area contributed by atoms with E-state index in [1.165, 1.54) is 0 Å². The van der Waals surface area contributed by atoms with Crippen molar-refractivity contribution in [3.8, 4) is 11.5 Å². The van der Waals surface area contributed by atoms with Gasteiger partial charge in [-0.05, 0) is 49.7 Å². The van der Waals surface area contributed by atoms with Crippen molar-refractivity contribution in [2.24, 2.45) is 0 Å². The van der Waals surface area contributed by atoms with E-state index in [-0.39, 0.29) is 18.2 Å². The Hall–Kier alpha value is -2.54. The van der Waals surface area contributed by atoms with E-state index in [0.29, 0.717) is 44.1 Å². The minimum atomic E-state index is -0.140. The Kier molecular flexibility index (Phi) is 9.34. The molecule has 2 rings (SSSR count). The molecule has 0 radical (unpaired) electrons. The van der Waals surface area contributed by atoms with Gasteiger partial charge in [-0.25, -0.2) is 0 Å². The molecular weight excluding hydrogens is 424 g/mol. The van der Waals surface area contributed by atoms with E-state index in [9.17, 15) is 9.59 Å². The van der Waals surface area contributed by atoms with Gasteiger partial charge in [0.15, 0.2) is 11.5 Å². The van der Waals surface area contributed by atoms with Crippen molar-refractivity contribution in [3.63, 3.8) is 0 Å². The fourth-order valence-corrected chi connectivity index (χ4v) is 2.68. The zero-order valence-electron chi connectivity index (χ0n) is 15.9. The van der Waals surface area contributed by atoms with Crippen LogP contribution in [0.5, 0.6) is 11.5 Å². The number of halogens is 1.